The quantitative estimate of drug-likeness (QED) is 0.924. The van der Waals surface area contributed by atoms with Gasteiger partial charge in [-0.3, -0.25) is 9.36 Å². The van der Waals surface area contributed by atoms with E-state index < -0.39 is 11.9 Å². The summed E-state index contributed by atoms with van der Waals surface area (Å²) in [6.07, 6.45) is 1.67. The summed E-state index contributed by atoms with van der Waals surface area (Å²) in [4.78, 5) is 31.3. The van der Waals surface area contributed by atoms with Gasteiger partial charge >= 0.3 is 11.7 Å². The van der Waals surface area contributed by atoms with Gasteiger partial charge in [0.2, 0.25) is 0 Å². The molecular weight excluding hydrogens is 278 g/mol. The van der Waals surface area contributed by atoms with E-state index in [4.69, 9.17) is 0 Å². The van der Waals surface area contributed by atoms with E-state index in [1.165, 1.54) is 15.9 Å². The number of aromatic nitrogens is 3. The van der Waals surface area contributed by atoms with Crippen molar-refractivity contribution in [3.05, 3.63) is 44.0 Å². The zero-order valence-corrected chi connectivity index (χ0v) is 12.3. The van der Waals surface area contributed by atoms with Gasteiger partial charge in [0, 0.05) is 28.5 Å². The number of carbonyl (C=O) groups is 1. The Labute approximate surface area is 119 Å². The molecule has 0 saturated heterocycles. The lowest BCUT2D eigenvalue weighted by molar-refractivity contribution is -0.138. The molecule has 1 unspecified atom stereocenters. The third-order valence-corrected chi connectivity index (χ3v) is 4.02. The average molecular weight is 293 g/mol. The largest absolute Gasteiger partial charge is 0.481 e. The van der Waals surface area contributed by atoms with Gasteiger partial charge in [-0.2, -0.15) is 4.98 Å². The summed E-state index contributed by atoms with van der Waals surface area (Å²) in [5.74, 6) is -1.64. The van der Waals surface area contributed by atoms with Crippen LogP contribution in [0.1, 0.15) is 34.8 Å². The highest BCUT2D eigenvalue weighted by atomic mass is 32.1. The van der Waals surface area contributed by atoms with Crippen molar-refractivity contribution < 1.29 is 9.90 Å². The van der Waals surface area contributed by atoms with E-state index in [1.807, 2.05) is 5.38 Å². The zero-order valence-electron chi connectivity index (χ0n) is 11.5. The molecule has 20 heavy (non-hydrogen) atoms. The molecule has 6 nitrogen and oxygen atoms in total. The first-order valence-electron chi connectivity index (χ1n) is 6.11. The van der Waals surface area contributed by atoms with Crippen LogP contribution < -0.4 is 5.69 Å². The van der Waals surface area contributed by atoms with Gasteiger partial charge in [0.05, 0.1) is 12.5 Å². The number of rotatable bonds is 4. The molecule has 0 aliphatic heterocycles. The molecule has 0 spiro atoms. The summed E-state index contributed by atoms with van der Waals surface area (Å²) in [5, 5.41) is 11.8. The monoisotopic (exact) mass is 293 g/mol. The second kappa shape index (κ2) is 5.54. The van der Waals surface area contributed by atoms with Crippen LogP contribution in [0.3, 0.4) is 0 Å². The first-order chi connectivity index (χ1) is 9.41. The Hall–Kier alpha value is -2.02. The normalized spacial score (nSPS) is 12.3. The van der Waals surface area contributed by atoms with E-state index >= 15 is 0 Å². The molecule has 1 atom stereocenters. The molecule has 0 saturated carbocycles. The highest BCUT2D eigenvalue weighted by Gasteiger charge is 2.22. The molecule has 0 aliphatic carbocycles. The number of hydrogen-bond donors (Lipinski definition) is 1. The minimum absolute atomic E-state index is 0.314. The predicted molar refractivity (Wildman–Crippen MR) is 75.2 cm³/mol. The van der Waals surface area contributed by atoms with Crippen molar-refractivity contribution in [1.29, 1.82) is 0 Å². The van der Waals surface area contributed by atoms with Crippen LogP contribution in [0.5, 0.6) is 0 Å². The third-order valence-electron chi connectivity index (χ3n) is 3.26. The lowest BCUT2D eigenvalue weighted by Crippen LogP contribution is -2.29. The first kappa shape index (κ1) is 14.4. The number of aliphatic carboxylic acids is 1. The topological polar surface area (TPSA) is 85.1 Å². The van der Waals surface area contributed by atoms with Crippen LogP contribution >= 0.6 is 11.3 Å². The molecular formula is C13H15N3O3S. The number of aryl methyl sites for hydroxylation is 1. The van der Waals surface area contributed by atoms with Crippen LogP contribution in [0.15, 0.2) is 16.4 Å². The molecule has 0 aliphatic rings. The molecule has 2 rings (SSSR count). The predicted octanol–water partition coefficient (Wildman–Crippen LogP) is 1.55. The molecule has 106 valence electrons. The number of carboxylic acid groups (broad SMARTS) is 1. The van der Waals surface area contributed by atoms with E-state index in [0.717, 1.165) is 5.01 Å². The summed E-state index contributed by atoms with van der Waals surface area (Å²) in [6, 6.07) is 0. The van der Waals surface area contributed by atoms with Crippen molar-refractivity contribution in [3.8, 4) is 0 Å². The lowest BCUT2D eigenvalue weighted by Gasteiger charge is -2.17. The van der Waals surface area contributed by atoms with Gasteiger partial charge in [-0.25, -0.2) is 9.78 Å². The highest BCUT2D eigenvalue weighted by molar-refractivity contribution is 7.09. The summed E-state index contributed by atoms with van der Waals surface area (Å²) < 4.78 is 1.47. The van der Waals surface area contributed by atoms with Crippen LogP contribution in [0.25, 0.3) is 0 Å². The Morgan fingerprint density at radius 1 is 1.50 bits per heavy atom. The average Bonchev–Trinajstić information content (AvgIpc) is 2.86. The maximum absolute atomic E-state index is 12.0. The van der Waals surface area contributed by atoms with Crippen molar-refractivity contribution in [2.24, 2.45) is 0 Å². The summed E-state index contributed by atoms with van der Waals surface area (Å²) in [5.41, 5.74) is 1.32. The SMILES string of the molecule is Cc1nc(=O)n(Cc2nccs2)c(C)c1C(C)C(=O)O. The number of hydrogen-bond acceptors (Lipinski definition) is 5. The van der Waals surface area contributed by atoms with Crippen molar-refractivity contribution in [1.82, 2.24) is 14.5 Å². The molecule has 2 heterocycles. The summed E-state index contributed by atoms with van der Waals surface area (Å²) in [7, 11) is 0. The number of carboxylic acids is 1. The van der Waals surface area contributed by atoms with Crippen molar-refractivity contribution >= 4 is 17.3 Å². The lowest BCUT2D eigenvalue weighted by atomic mass is 9.98. The van der Waals surface area contributed by atoms with Crippen molar-refractivity contribution in [2.45, 2.75) is 33.2 Å². The number of thiazole rings is 1. The smallest absolute Gasteiger partial charge is 0.348 e. The maximum Gasteiger partial charge on any atom is 0.348 e. The van der Waals surface area contributed by atoms with Crippen LogP contribution in [0.2, 0.25) is 0 Å². The molecule has 1 N–H and O–H groups in total. The standard InChI is InChI=1S/C13H15N3O3S/c1-7(12(17)18)11-8(2)15-13(19)16(9(11)3)6-10-14-4-5-20-10/h4-5,7H,6H2,1-3H3,(H,17,18). The van der Waals surface area contributed by atoms with Gasteiger partial charge in [0.1, 0.15) is 5.01 Å². The van der Waals surface area contributed by atoms with Gasteiger partial charge < -0.3 is 5.11 Å². The molecule has 2 aromatic heterocycles. The minimum atomic E-state index is -0.933. The Bertz CT molecular complexity index is 692. The molecule has 0 fully saturated rings. The van der Waals surface area contributed by atoms with Crippen molar-refractivity contribution in [2.75, 3.05) is 0 Å². The van der Waals surface area contributed by atoms with Gasteiger partial charge in [0.25, 0.3) is 0 Å². The second-order valence-corrected chi connectivity index (χ2v) is 5.53. The van der Waals surface area contributed by atoms with Gasteiger partial charge in [-0.15, -0.1) is 11.3 Å². The third kappa shape index (κ3) is 2.62. The van der Waals surface area contributed by atoms with E-state index in [2.05, 4.69) is 9.97 Å². The molecule has 2 aromatic rings. The molecule has 0 bridgehead atoms. The van der Waals surface area contributed by atoms with Crippen LogP contribution in [-0.2, 0) is 11.3 Å². The summed E-state index contributed by atoms with van der Waals surface area (Å²) in [6.45, 7) is 5.32. The highest BCUT2D eigenvalue weighted by Crippen LogP contribution is 2.21. The molecule has 0 radical (unpaired) electrons. The fourth-order valence-electron chi connectivity index (χ4n) is 2.22. The fraction of sp³-hybridized carbons (Fsp3) is 0.385. The molecule has 0 aromatic carbocycles. The maximum atomic E-state index is 12.0. The van der Waals surface area contributed by atoms with E-state index in [-0.39, 0.29) is 5.69 Å². The first-order valence-corrected chi connectivity index (χ1v) is 6.99. The van der Waals surface area contributed by atoms with Gasteiger partial charge in [-0.05, 0) is 20.8 Å². The Morgan fingerprint density at radius 2 is 2.20 bits per heavy atom. The molecule has 0 amide bonds. The van der Waals surface area contributed by atoms with Gasteiger partial charge in [-0.1, -0.05) is 0 Å². The Balaban J connectivity index is 2.55. The number of nitrogens with zero attached hydrogens (tertiary/aromatic N) is 3. The molecule has 7 heteroatoms. The minimum Gasteiger partial charge on any atom is -0.481 e. The van der Waals surface area contributed by atoms with Crippen LogP contribution in [-0.4, -0.2) is 25.6 Å². The fourth-order valence-corrected chi connectivity index (χ4v) is 2.82. The van der Waals surface area contributed by atoms with Crippen LogP contribution in [0, 0.1) is 13.8 Å². The van der Waals surface area contributed by atoms with E-state index in [1.54, 1.807) is 27.0 Å². The zero-order chi connectivity index (χ0) is 14.9. The summed E-state index contributed by atoms with van der Waals surface area (Å²) >= 11 is 1.44. The van der Waals surface area contributed by atoms with Gasteiger partial charge in [0.15, 0.2) is 0 Å². The van der Waals surface area contributed by atoms with E-state index in [9.17, 15) is 14.7 Å². The Kier molecular flexibility index (Phi) is 3.99. The van der Waals surface area contributed by atoms with Crippen LogP contribution in [0.4, 0.5) is 0 Å². The Morgan fingerprint density at radius 3 is 2.75 bits per heavy atom. The van der Waals surface area contributed by atoms with E-state index in [0.29, 0.717) is 23.5 Å². The second-order valence-electron chi connectivity index (χ2n) is 4.55. The van der Waals surface area contributed by atoms with Crippen molar-refractivity contribution in [3.63, 3.8) is 0 Å².